The van der Waals surface area contributed by atoms with Gasteiger partial charge in [-0.1, -0.05) is 65.2 Å². The zero-order chi connectivity index (χ0) is 16.5. The van der Waals surface area contributed by atoms with Crippen molar-refractivity contribution in [1.82, 2.24) is 4.67 Å². The monoisotopic (exact) mass is 341 g/mol. The Labute approximate surface area is 145 Å². The summed E-state index contributed by atoms with van der Waals surface area (Å²) < 4.78 is 17.1. The third kappa shape index (κ3) is 5.08. The molecule has 0 atom stereocenters. The Bertz CT molecular complexity index is 329. The summed E-state index contributed by atoms with van der Waals surface area (Å²) in [5.74, 6) is 0. The predicted octanol–water partition coefficient (Wildman–Crippen LogP) is 6.83. The molecule has 2 saturated carbocycles. The van der Waals surface area contributed by atoms with E-state index in [9.17, 15) is 4.57 Å². The molecule has 2 aliphatic rings. The first-order chi connectivity index (χ1) is 11.2. The minimum atomic E-state index is -2.21. The van der Waals surface area contributed by atoms with Gasteiger partial charge in [0.05, 0.1) is 0 Å². The van der Waals surface area contributed by atoms with E-state index in [1.807, 2.05) is 0 Å². The van der Waals surface area contributed by atoms with Gasteiger partial charge in [0.25, 0.3) is 0 Å². The first-order valence-electron chi connectivity index (χ1n) is 10.6. The summed E-state index contributed by atoms with van der Waals surface area (Å²) in [5.41, 5.74) is 1.04. The Morgan fingerprint density at radius 1 is 0.739 bits per heavy atom. The van der Waals surface area contributed by atoms with Gasteiger partial charge in [0.1, 0.15) is 0 Å². The van der Waals surface area contributed by atoms with Gasteiger partial charge in [-0.05, 0) is 38.5 Å². The summed E-state index contributed by atoms with van der Waals surface area (Å²) in [4.78, 5) is 0. The normalized spacial score (nSPS) is 21.9. The van der Waals surface area contributed by atoms with Crippen molar-refractivity contribution in [2.24, 2.45) is 0 Å². The van der Waals surface area contributed by atoms with E-state index >= 15 is 0 Å². The Hall–Kier alpha value is 0.190. The van der Waals surface area contributed by atoms with E-state index in [4.69, 9.17) is 0 Å². The largest absolute Gasteiger partial charge is 0.306 e. The predicted molar refractivity (Wildman–Crippen MR) is 103 cm³/mol. The number of hydrogen-bond acceptors (Lipinski definition) is 1. The van der Waals surface area contributed by atoms with Gasteiger partial charge in [-0.3, -0.25) is 4.67 Å². The summed E-state index contributed by atoms with van der Waals surface area (Å²) in [6, 6.07) is 0. The highest BCUT2D eigenvalue weighted by atomic mass is 31.2. The smallest absolute Gasteiger partial charge is 0.156 e. The van der Waals surface area contributed by atoms with Crippen molar-refractivity contribution in [3.8, 4) is 0 Å². The molecule has 2 fully saturated rings. The third-order valence-electron chi connectivity index (χ3n) is 6.18. The van der Waals surface area contributed by atoms with E-state index in [0.717, 1.165) is 13.1 Å². The van der Waals surface area contributed by atoms with Gasteiger partial charge in [0, 0.05) is 24.4 Å². The molecule has 0 aliphatic heterocycles. The van der Waals surface area contributed by atoms with Crippen LogP contribution in [0.15, 0.2) is 0 Å². The molecule has 2 rings (SSSR count). The lowest BCUT2D eigenvalue weighted by atomic mass is 9.99. The molecular formula is C20H40NOP. The van der Waals surface area contributed by atoms with Crippen molar-refractivity contribution in [2.75, 3.05) is 13.1 Å². The lowest BCUT2D eigenvalue weighted by molar-refractivity contribution is 0.351. The van der Waals surface area contributed by atoms with Crippen molar-refractivity contribution < 1.29 is 4.57 Å². The molecule has 0 aromatic carbocycles. The van der Waals surface area contributed by atoms with E-state index < -0.39 is 7.29 Å². The molecule has 0 aromatic heterocycles. The molecule has 2 nitrogen and oxygen atoms in total. The highest BCUT2D eigenvalue weighted by molar-refractivity contribution is 7.63. The molecule has 23 heavy (non-hydrogen) atoms. The van der Waals surface area contributed by atoms with Gasteiger partial charge in [-0.2, -0.15) is 0 Å². The molecule has 0 N–H and O–H groups in total. The first kappa shape index (κ1) is 19.5. The van der Waals surface area contributed by atoms with Crippen molar-refractivity contribution in [2.45, 2.75) is 115 Å². The zero-order valence-electron chi connectivity index (χ0n) is 15.8. The van der Waals surface area contributed by atoms with Crippen LogP contribution in [0.3, 0.4) is 0 Å². The first-order valence-corrected chi connectivity index (χ1v) is 12.4. The fraction of sp³-hybridized carbons (Fsp3) is 1.00. The van der Waals surface area contributed by atoms with E-state index in [0.29, 0.717) is 11.3 Å². The molecule has 0 spiro atoms. The zero-order valence-corrected chi connectivity index (χ0v) is 16.7. The Morgan fingerprint density at radius 2 is 1.13 bits per heavy atom. The van der Waals surface area contributed by atoms with Crippen LogP contribution >= 0.6 is 7.29 Å². The highest BCUT2D eigenvalue weighted by Crippen LogP contribution is 2.65. The number of nitrogens with zero attached hydrogens (tertiary/aromatic N) is 1. The Kier molecular flexibility index (Phi) is 8.69. The van der Waals surface area contributed by atoms with Gasteiger partial charge in [-0.25, -0.2) is 0 Å². The fourth-order valence-corrected chi connectivity index (χ4v) is 9.41. The second kappa shape index (κ2) is 10.2. The van der Waals surface area contributed by atoms with Crippen LogP contribution in [-0.4, -0.2) is 29.1 Å². The molecule has 0 bridgehead atoms. The van der Waals surface area contributed by atoms with Gasteiger partial charge >= 0.3 is 0 Å². The molecule has 0 saturated heterocycles. The van der Waals surface area contributed by atoms with Crippen LogP contribution in [0.1, 0.15) is 104 Å². The maximum atomic E-state index is 14.6. The van der Waals surface area contributed by atoms with Crippen LogP contribution in [0.5, 0.6) is 0 Å². The van der Waals surface area contributed by atoms with E-state index in [1.165, 1.54) is 89.9 Å². The summed E-state index contributed by atoms with van der Waals surface area (Å²) in [6.45, 7) is 6.70. The standard InChI is InChI=1S/C20H40NOP/c1-3-5-17-21(18-6-4-2)23(22,19-13-9-7-10-14-19)20-15-11-8-12-16-20/h19-20H,3-18H2,1-2H3. The molecule has 0 amide bonds. The van der Waals surface area contributed by atoms with Crippen LogP contribution in [-0.2, 0) is 4.57 Å². The van der Waals surface area contributed by atoms with E-state index in [-0.39, 0.29) is 0 Å². The van der Waals surface area contributed by atoms with Crippen LogP contribution in [0.4, 0.5) is 0 Å². The lowest BCUT2D eigenvalue weighted by Gasteiger charge is -2.44. The summed E-state index contributed by atoms with van der Waals surface area (Å²) in [6.07, 6.45) is 17.8. The van der Waals surface area contributed by atoms with Gasteiger partial charge in [0.2, 0.25) is 0 Å². The van der Waals surface area contributed by atoms with Crippen molar-refractivity contribution in [1.29, 1.82) is 0 Å². The maximum absolute atomic E-state index is 14.6. The molecule has 136 valence electrons. The van der Waals surface area contributed by atoms with Crippen LogP contribution in [0, 0.1) is 0 Å². The summed E-state index contributed by atoms with van der Waals surface area (Å²) in [7, 11) is -2.21. The van der Waals surface area contributed by atoms with Gasteiger partial charge < -0.3 is 4.57 Å². The molecule has 0 unspecified atom stereocenters. The maximum Gasteiger partial charge on any atom is 0.156 e. The molecule has 0 heterocycles. The minimum absolute atomic E-state index is 0.521. The van der Waals surface area contributed by atoms with E-state index in [2.05, 4.69) is 18.5 Å². The van der Waals surface area contributed by atoms with Gasteiger partial charge in [0.15, 0.2) is 7.29 Å². The van der Waals surface area contributed by atoms with Gasteiger partial charge in [-0.15, -0.1) is 0 Å². The minimum Gasteiger partial charge on any atom is -0.306 e. The SMILES string of the molecule is CCCCN(CCCC)P(=O)(C1CCCCC1)C1CCCCC1. The highest BCUT2D eigenvalue weighted by Gasteiger charge is 2.44. The van der Waals surface area contributed by atoms with Crippen molar-refractivity contribution in [3.63, 3.8) is 0 Å². The number of hydrogen-bond donors (Lipinski definition) is 0. The molecule has 2 aliphatic carbocycles. The van der Waals surface area contributed by atoms with Crippen molar-refractivity contribution in [3.05, 3.63) is 0 Å². The average molecular weight is 342 g/mol. The quantitative estimate of drug-likeness (QED) is 0.428. The summed E-state index contributed by atoms with van der Waals surface area (Å²) >= 11 is 0. The second-order valence-electron chi connectivity index (χ2n) is 7.92. The molecule has 3 heteroatoms. The van der Waals surface area contributed by atoms with E-state index in [1.54, 1.807) is 0 Å². The molecule has 0 aromatic rings. The molecule has 0 radical (unpaired) electrons. The number of unbranched alkanes of at least 4 members (excludes halogenated alkanes) is 2. The Morgan fingerprint density at radius 3 is 1.48 bits per heavy atom. The van der Waals surface area contributed by atoms with Crippen LogP contribution in [0.2, 0.25) is 0 Å². The lowest BCUT2D eigenvalue weighted by Crippen LogP contribution is -2.36. The third-order valence-corrected chi connectivity index (χ3v) is 10.6. The van der Waals surface area contributed by atoms with Crippen LogP contribution < -0.4 is 0 Å². The van der Waals surface area contributed by atoms with Crippen molar-refractivity contribution >= 4 is 7.29 Å². The summed E-state index contributed by atoms with van der Waals surface area (Å²) in [5, 5.41) is 0. The number of rotatable bonds is 9. The van der Waals surface area contributed by atoms with Crippen LogP contribution in [0.25, 0.3) is 0 Å². The fourth-order valence-electron chi connectivity index (χ4n) is 4.77. The molecular weight excluding hydrogens is 301 g/mol. The topological polar surface area (TPSA) is 20.3 Å². The second-order valence-corrected chi connectivity index (χ2v) is 11.3. The Balaban J connectivity index is 2.21. The average Bonchev–Trinajstić information content (AvgIpc) is 2.62.